The molecule has 3 heterocycles. The van der Waals surface area contributed by atoms with Gasteiger partial charge in [0.25, 0.3) is 5.91 Å². The van der Waals surface area contributed by atoms with Crippen molar-refractivity contribution in [2.75, 3.05) is 13.1 Å². The molecule has 1 unspecified atom stereocenters. The fourth-order valence-corrected chi connectivity index (χ4v) is 2.08. The second-order valence-corrected chi connectivity index (χ2v) is 4.12. The van der Waals surface area contributed by atoms with Crippen molar-refractivity contribution in [3.63, 3.8) is 0 Å². The summed E-state index contributed by atoms with van der Waals surface area (Å²) in [6.07, 6.45) is 4.12. The molecule has 3 rings (SSSR count). The zero-order valence-electron chi connectivity index (χ0n) is 9.23. The first-order chi connectivity index (χ1) is 8.34. The van der Waals surface area contributed by atoms with Crippen molar-refractivity contribution in [3.8, 4) is 0 Å². The van der Waals surface area contributed by atoms with Gasteiger partial charge in [0.15, 0.2) is 5.65 Å². The second kappa shape index (κ2) is 4.14. The normalized spacial score (nSPS) is 19.6. The highest BCUT2D eigenvalue weighted by Gasteiger charge is 2.19. The maximum atomic E-state index is 12.1. The van der Waals surface area contributed by atoms with Gasteiger partial charge in [0.1, 0.15) is 0 Å². The van der Waals surface area contributed by atoms with Crippen LogP contribution in [0.25, 0.3) is 11.2 Å². The van der Waals surface area contributed by atoms with Gasteiger partial charge in [-0.2, -0.15) is 0 Å². The van der Waals surface area contributed by atoms with Crippen molar-refractivity contribution >= 4 is 17.1 Å². The summed E-state index contributed by atoms with van der Waals surface area (Å²) in [6, 6.07) is 1.92. The van der Waals surface area contributed by atoms with Gasteiger partial charge in [-0.3, -0.25) is 4.79 Å². The van der Waals surface area contributed by atoms with E-state index in [2.05, 4.69) is 25.6 Å². The van der Waals surface area contributed by atoms with Gasteiger partial charge in [0, 0.05) is 18.8 Å². The molecule has 0 radical (unpaired) electrons. The van der Waals surface area contributed by atoms with Gasteiger partial charge >= 0.3 is 0 Å². The molecule has 17 heavy (non-hydrogen) atoms. The SMILES string of the molecule is O=C(NC1CCNC1)c1ccnc2nc[nH]c12. The number of aromatic nitrogens is 3. The minimum Gasteiger partial charge on any atom is -0.348 e. The lowest BCUT2D eigenvalue weighted by Crippen LogP contribution is -2.36. The Kier molecular flexibility index (Phi) is 2.49. The van der Waals surface area contributed by atoms with Crippen molar-refractivity contribution in [2.24, 2.45) is 0 Å². The zero-order chi connectivity index (χ0) is 11.7. The third kappa shape index (κ3) is 1.87. The number of fused-ring (bicyclic) bond motifs is 1. The van der Waals surface area contributed by atoms with Crippen molar-refractivity contribution in [2.45, 2.75) is 12.5 Å². The van der Waals surface area contributed by atoms with Crippen molar-refractivity contribution in [3.05, 3.63) is 24.2 Å². The average Bonchev–Trinajstić information content (AvgIpc) is 2.97. The fraction of sp³-hybridized carbons (Fsp3) is 0.364. The summed E-state index contributed by atoms with van der Waals surface area (Å²) in [5.74, 6) is -0.0737. The Morgan fingerprint density at radius 3 is 3.24 bits per heavy atom. The van der Waals surface area contributed by atoms with E-state index >= 15 is 0 Å². The third-order valence-electron chi connectivity index (χ3n) is 2.97. The van der Waals surface area contributed by atoms with Crippen LogP contribution in [0, 0.1) is 0 Å². The van der Waals surface area contributed by atoms with E-state index in [-0.39, 0.29) is 11.9 Å². The predicted octanol–water partition coefficient (Wildman–Crippen LogP) is 0.0496. The summed E-state index contributed by atoms with van der Waals surface area (Å²) < 4.78 is 0. The number of carbonyl (C=O) groups is 1. The molecule has 0 aromatic carbocycles. The van der Waals surface area contributed by atoms with Crippen LogP contribution in [0.2, 0.25) is 0 Å². The van der Waals surface area contributed by atoms with E-state index < -0.39 is 0 Å². The number of carbonyl (C=O) groups excluding carboxylic acids is 1. The minimum absolute atomic E-state index is 0.0737. The summed E-state index contributed by atoms with van der Waals surface area (Å²) in [5.41, 5.74) is 1.86. The van der Waals surface area contributed by atoms with Gasteiger partial charge in [-0.1, -0.05) is 0 Å². The van der Waals surface area contributed by atoms with Crippen molar-refractivity contribution in [1.82, 2.24) is 25.6 Å². The van der Waals surface area contributed by atoms with Gasteiger partial charge in [0.05, 0.1) is 17.4 Å². The molecule has 88 valence electrons. The summed E-state index contributed by atoms with van der Waals surface area (Å²) in [6.45, 7) is 1.80. The number of nitrogens with one attached hydrogen (secondary N) is 3. The molecule has 6 nitrogen and oxygen atoms in total. The fourth-order valence-electron chi connectivity index (χ4n) is 2.08. The Hall–Kier alpha value is -1.95. The summed E-state index contributed by atoms with van der Waals surface area (Å²) in [7, 11) is 0. The molecule has 0 spiro atoms. The van der Waals surface area contributed by atoms with Crippen molar-refractivity contribution in [1.29, 1.82) is 0 Å². The van der Waals surface area contributed by atoms with Gasteiger partial charge in [-0.05, 0) is 19.0 Å². The molecule has 0 bridgehead atoms. The molecular formula is C11H13N5O. The number of H-pyrrole nitrogens is 1. The van der Waals surface area contributed by atoms with E-state index in [1.807, 2.05) is 0 Å². The molecule has 3 N–H and O–H groups in total. The van der Waals surface area contributed by atoms with E-state index in [1.165, 1.54) is 0 Å². The number of hydrogen-bond acceptors (Lipinski definition) is 4. The van der Waals surface area contributed by atoms with Crippen LogP contribution in [0.1, 0.15) is 16.8 Å². The van der Waals surface area contributed by atoms with Gasteiger partial charge in [-0.15, -0.1) is 0 Å². The van der Waals surface area contributed by atoms with Crippen LogP contribution < -0.4 is 10.6 Å². The van der Waals surface area contributed by atoms with Crippen LogP contribution in [0.3, 0.4) is 0 Å². The standard InChI is InChI=1S/C11H13N5O/c17-11(16-7-1-3-12-5-7)8-2-4-13-10-9(8)14-6-15-10/h2,4,6-7,12H,1,3,5H2,(H,16,17)(H,13,14,15). The monoisotopic (exact) mass is 231 g/mol. The maximum absolute atomic E-state index is 12.1. The minimum atomic E-state index is -0.0737. The first kappa shape index (κ1) is 10.2. The number of aromatic amines is 1. The quantitative estimate of drug-likeness (QED) is 0.682. The van der Waals surface area contributed by atoms with E-state index in [4.69, 9.17) is 0 Å². The molecule has 1 atom stereocenters. The average molecular weight is 231 g/mol. The van der Waals surface area contributed by atoms with E-state index in [1.54, 1.807) is 18.6 Å². The Balaban J connectivity index is 1.87. The highest BCUT2D eigenvalue weighted by molar-refractivity contribution is 6.03. The summed E-state index contributed by atoms with van der Waals surface area (Å²) >= 11 is 0. The largest absolute Gasteiger partial charge is 0.348 e. The number of nitrogens with zero attached hydrogens (tertiary/aromatic N) is 2. The first-order valence-electron chi connectivity index (χ1n) is 5.64. The number of amides is 1. The predicted molar refractivity (Wildman–Crippen MR) is 62.6 cm³/mol. The lowest BCUT2D eigenvalue weighted by molar-refractivity contribution is 0.0941. The topological polar surface area (TPSA) is 82.7 Å². The van der Waals surface area contributed by atoms with Crippen LogP contribution in [0.4, 0.5) is 0 Å². The summed E-state index contributed by atoms with van der Waals surface area (Å²) in [4.78, 5) is 23.2. The Bertz CT molecular complexity index is 544. The third-order valence-corrected chi connectivity index (χ3v) is 2.97. The highest BCUT2D eigenvalue weighted by atomic mass is 16.1. The smallest absolute Gasteiger partial charge is 0.253 e. The molecule has 6 heteroatoms. The summed E-state index contributed by atoms with van der Waals surface area (Å²) in [5, 5.41) is 6.21. The molecule has 0 aliphatic carbocycles. The van der Waals surface area contributed by atoms with Crippen LogP contribution in [0.5, 0.6) is 0 Å². The number of hydrogen-bond donors (Lipinski definition) is 3. The lowest BCUT2D eigenvalue weighted by Gasteiger charge is -2.11. The molecule has 1 aliphatic rings. The van der Waals surface area contributed by atoms with Crippen molar-refractivity contribution < 1.29 is 4.79 Å². The van der Waals surface area contributed by atoms with E-state index in [9.17, 15) is 4.79 Å². The zero-order valence-corrected chi connectivity index (χ0v) is 9.23. The van der Waals surface area contributed by atoms with Crippen LogP contribution in [-0.2, 0) is 0 Å². The Labute approximate surface area is 97.8 Å². The first-order valence-corrected chi connectivity index (χ1v) is 5.64. The van der Waals surface area contributed by atoms with Crippen LogP contribution in [-0.4, -0.2) is 40.0 Å². The molecular weight excluding hydrogens is 218 g/mol. The van der Waals surface area contributed by atoms with Gasteiger partial charge < -0.3 is 15.6 Å². The van der Waals surface area contributed by atoms with Gasteiger partial charge in [0.2, 0.25) is 0 Å². The van der Waals surface area contributed by atoms with Crippen LogP contribution in [0.15, 0.2) is 18.6 Å². The van der Waals surface area contributed by atoms with E-state index in [0.717, 1.165) is 19.5 Å². The molecule has 1 amide bonds. The number of pyridine rings is 1. The highest BCUT2D eigenvalue weighted by Crippen LogP contribution is 2.12. The molecule has 0 saturated carbocycles. The van der Waals surface area contributed by atoms with Gasteiger partial charge in [-0.25, -0.2) is 9.97 Å². The molecule has 1 aliphatic heterocycles. The molecule has 1 saturated heterocycles. The van der Waals surface area contributed by atoms with Crippen LogP contribution >= 0.6 is 0 Å². The molecule has 2 aromatic rings. The Morgan fingerprint density at radius 2 is 2.41 bits per heavy atom. The number of imidazole rings is 1. The Morgan fingerprint density at radius 1 is 1.47 bits per heavy atom. The molecule has 2 aromatic heterocycles. The maximum Gasteiger partial charge on any atom is 0.253 e. The van der Waals surface area contributed by atoms with E-state index in [0.29, 0.717) is 16.7 Å². The number of rotatable bonds is 2. The lowest BCUT2D eigenvalue weighted by atomic mass is 10.2. The molecule has 1 fully saturated rings. The second-order valence-electron chi connectivity index (χ2n) is 4.12.